The fourth-order valence-corrected chi connectivity index (χ4v) is 2.51. The lowest BCUT2D eigenvalue weighted by Crippen LogP contribution is -2.36. The number of rotatable bonds is 5. The maximum atomic E-state index is 11.9. The average Bonchev–Trinajstić information content (AvgIpc) is 2.91. The summed E-state index contributed by atoms with van der Waals surface area (Å²) in [5.74, 6) is -0.00341. The van der Waals surface area contributed by atoms with Gasteiger partial charge in [-0.3, -0.25) is 4.79 Å². The molecule has 0 fully saturated rings. The Morgan fingerprint density at radius 1 is 1.32 bits per heavy atom. The number of carbonyl (C=O) groups excluding carboxylic acids is 1. The average molecular weight is 339 g/mol. The zero-order valence-corrected chi connectivity index (χ0v) is 12.9. The Balaban J connectivity index is 1.83. The minimum absolute atomic E-state index is 0.00341. The molecule has 2 N–H and O–H groups in total. The van der Waals surface area contributed by atoms with Crippen molar-refractivity contribution >= 4 is 38.9 Å². The van der Waals surface area contributed by atoms with Gasteiger partial charge in [0.1, 0.15) is 6.04 Å². The van der Waals surface area contributed by atoms with E-state index in [9.17, 15) is 4.79 Å². The van der Waals surface area contributed by atoms with E-state index in [-0.39, 0.29) is 11.9 Å². The van der Waals surface area contributed by atoms with Crippen LogP contribution in [0.4, 0.5) is 5.69 Å². The molecule has 19 heavy (non-hydrogen) atoms. The van der Waals surface area contributed by atoms with E-state index in [1.54, 1.807) is 11.3 Å². The highest BCUT2D eigenvalue weighted by atomic mass is 79.9. The molecule has 0 aliphatic heterocycles. The molecule has 100 valence electrons. The van der Waals surface area contributed by atoms with Crippen molar-refractivity contribution in [2.75, 3.05) is 5.32 Å². The van der Waals surface area contributed by atoms with Crippen LogP contribution in [-0.2, 0) is 11.3 Å². The molecule has 5 heteroatoms. The number of hydrogen-bond donors (Lipinski definition) is 2. The maximum Gasteiger partial charge on any atom is 0.242 e. The molecule has 1 aromatic heterocycles. The lowest BCUT2D eigenvalue weighted by atomic mass is 10.2. The summed E-state index contributed by atoms with van der Waals surface area (Å²) in [4.78, 5) is 13.1. The van der Waals surface area contributed by atoms with Crippen molar-refractivity contribution < 1.29 is 4.79 Å². The molecule has 1 atom stereocenters. The van der Waals surface area contributed by atoms with E-state index in [1.807, 2.05) is 48.7 Å². The summed E-state index contributed by atoms with van der Waals surface area (Å²) >= 11 is 5.02. The van der Waals surface area contributed by atoms with Crippen LogP contribution in [0.5, 0.6) is 0 Å². The highest BCUT2D eigenvalue weighted by Crippen LogP contribution is 2.15. The number of carbonyl (C=O) groups is 1. The summed E-state index contributed by atoms with van der Waals surface area (Å²) in [6.45, 7) is 2.44. The van der Waals surface area contributed by atoms with Gasteiger partial charge in [0.15, 0.2) is 0 Å². The van der Waals surface area contributed by atoms with Gasteiger partial charge in [-0.05, 0) is 42.6 Å². The third-order valence-electron chi connectivity index (χ3n) is 2.64. The smallest absolute Gasteiger partial charge is 0.242 e. The van der Waals surface area contributed by atoms with Gasteiger partial charge < -0.3 is 10.6 Å². The number of halogens is 1. The van der Waals surface area contributed by atoms with Crippen LogP contribution in [0, 0.1) is 0 Å². The molecule has 2 rings (SSSR count). The second-order valence-electron chi connectivity index (χ2n) is 4.17. The van der Waals surface area contributed by atoms with Gasteiger partial charge >= 0.3 is 0 Å². The minimum atomic E-state index is -0.263. The van der Waals surface area contributed by atoms with Gasteiger partial charge in [0.2, 0.25) is 5.91 Å². The third kappa shape index (κ3) is 4.36. The number of thiophene rings is 1. The first-order valence-corrected chi connectivity index (χ1v) is 7.64. The summed E-state index contributed by atoms with van der Waals surface area (Å²) in [6, 6.07) is 11.5. The SMILES string of the molecule is C[C@H](Nc1ccc(Br)cc1)C(=O)NCc1cccs1. The second kappa shape index (κ2) is 6.73. The van der Waals surface area contributed by atoms with Crippen LogP contribution < -0.4 is 10.6 Å². The van der Waals surface area contributed by atoms with E-state index in [0.717, 1.165) is 15.0 Å². The lowest BCUT2D eigenvalue weighted by molar-refractivity contribution is -0.121. The Bertz CT molecular complexity index is 525. The highest BCUT2D eigenvalue weighted by molar-refractivity contribution is 9.10. The van der Waals surface area contributed by atoms with E-state index in [2.05, 4.69) is 26.6 Å². The molecule has 0 saturated carbocycles. The number of benzene rings is 1. The van der Waals surface area contributed by atoms with Gasteiger partial charge in [-0.25, -0.2) is 0 Å². The molecular formula is C14H15BrN2OS. The number of anilines is 1. The topological polar surface area (TPSA) is 41.1 Å². The van der Waals surface area contributed by atoms with E-state index in [0.29, 0.717) is 6.54 Å². The van der Waals surface area contributed by atoms with E-state index in [4.69, 9.17) is 0 Å². The van der Waals surface area contributed by atoms with Crippen LogP contribution in [0.1, 0.15) is 11.8 Å². The molecule has 0 aliphatic rings. The summed E-state index contributed by atoms with van der Waals surface area (Å²) < 4.78 is 1.02. The van der Waals surface area contributed by atoms with Crippen LogP contribution in [-0.4, -0.2) is 11.9 Å². The molecule has 2 aromatic rings. The van der Waals surface area contributed by atoms with Crippen molar-refractivity contribution in [1.29, 1.82) is 0 Å². The Morgan fingerprint density at radius 2 is 2.05 bits per heavy atom. The van der Waals surface area contributed by atoms with Crippen LogP contribution in [0.3, 0.4) is 0 Å². The molecule has 0 unspecified atom stereocenters. The van der Waals surface area contributed by atoms with Crippen LogP contribution in [0.2, 0.25) is 0 Å². The van der Waals surface area contributed by atoms with Crippen LogP contribution in [0.15, 0.2) is 46.3 Å². The summed E-state index contributed by atoms with van der Waals surface area (Å²) in [7, 11) is 0. The quantitative estimate of drug-likeness (QED) is 0.873. The predicted molar refractivity (Wildman–Crippen MR) is 83.4 cm³/mol. The van der Waals surface area contributed by atoms with E-state index in [1.165, 1.54) is 0 Å². The van der Waals surface area contributed by atoms with E-state index >= 15 is 0 Å². The van der Waals surface area contributed by atoms with Gasteiger partial charge in [0.25, 0.3) is 0 Å². The van der Waals surface area contributed by atoms with Crippen molar-refractivity contribution in [3.8, 4) is 0 Å². The Hall–Kier alpha value is -1.33. The zero-order valence-electron chi connectivity index (χ0n) is 10.5. The summed E-state index contributed by atoms with van der Waals surface area (Å²) in [6.07, 6.45) is 0. The fraction of sp³-hybridized carbons (Fsp3) is 0.214. The van der Waals surface area contributed by atoms with Crippen LogP contribution in [0.25, 0.3) is 0 Å². The molecular weight excluding hydrogens is 324 g/mol. The summed E-state index contributed by atoms with van der Waals surface area (Å²) in [5.41, 5.74) is 0.932. The molecule has 0 spiro atoms. The van der Waals surface area contributed by atoms with Crippen molar-refractivity contribution in [3.63, 3.8) is 0 Å². The number of amides is 1. The van der Waals surface area contributed by atoms with Gasteiger partial charge in [-0.15, -0.1) is 11.3 Å². The molecule has 3 nitrogen and oxygen atoms in total. The number of nitrogens with one attached hydrogen (secondary N) is 2. The molecule has 0 aliphatic carbocycles. The van der Waals surface area contributed by atoms with Gasteiger partial charge in [0, 0.05) is 15.0 Å². The maximum absolute atomic E-state index is 11.9. The van der Waals surface area contributed by atoms with Gasteiger partial charge in [0.05, 0.1) is 6.54 Å². The van der Waals surface area contributed by atoms with Crippen molar-refractivity contribution in [3.05, 3.63) is 51.1 Å². The lowest BCUT2D eigenvalue weighted by Gasteiger charge is -2.15. The largest absolute Gasteiger partial charge is 0.374 e. The van der Waals surface area contributed by atoms with Gasteiger partial charge in [-0.1, -0.05) is 22.0 Å². The van der Waals surface area contributed by atoms with Crippen molar-refractivity contribution in [2.24, 2.45) is 0 Å². The zero-order chi connectivity index (χ0) is 13.7. The molecule has 0 radical (unpaired) electrons. The van der Waals surface area contributed by atoms with Crippen LogP contribution >= 0.6 is 27.3 Å². The minimum Gasteiger partial charge on any atom is -0.374 e. The normalized spacial score (nSPS) is 11.9. The standard InChI is InChI=1S/C14H15BrN2OS/c1-10(17-12-6-4-11(15)5-7-12)14(18)16-9-13-3-2-8-19-13/h2-8,10,17H,9H2,1H3,(H,16,18)/t10-/m0/s1. The van der Waals surface area contributed by atoms with Crippen molar-refractivity contribution in [1.82, 2.24) is 5.32 Å². The monoisotopic (exact) mass is 338 g/mol. The Morgan fingerprint density at radius 3 is 2.68 bits per heavy atom. The Labute approximate surface area is 125 Å². The third-order valence-corrected chi connectivity index (χ3v) is 4.04. The molecule has 1 heterocycles. The molecule has 1 amide bonds. The van der Waals surface area contributed by atoms with Crippen molar-refractivity contribution in [2.45, 2.75) is 19.5 Å². The highest BCUT2D eigenvalue weighted by Gasteiger charge is 2.12. The number of hydrogen-bond acceptors (Lipinski definition) is 3. The fourth-order valence-electron chi connectivity index (χ4n) is 1.60. The first-order valence-electron chi connectivity index (χ1n) is 5.97. The second-order valence-corrected chi connectivity index (χ2v) is 6.12. The first-order chi connectivity index (χ1) is 9.15. The molecule has 0 bridgehead atoms. The van der Waals surface area contributed by atoms with E-state index < -0.39 is 0 Å². The Kier molecular flexibility index (Phi) is 4.99. The van der Waals surface area contributed by atoms with Gasteiger partial charge in [-0.2, -0.15) is 0 Å². The first kappa shape index (κ1) is 14.1. The summed E-state index contributed by atoms with van der Waals surface area (Å²) in [5, 5.41) is 8.09. The molecule has 1 aromatic carbocycles. The molecule has 0 saturated heterocycles. The predicted octanol–water partition coefficient (Wildman–Crippen LogP) is 3.63.